The van der Waals surface area contributed by atoms with E-state index in [-0.39, 0.29) is 18.6 Å². The summed E-state index contributed by atoms with van der Waals surface area (Å²) in [4.78, 5) is 25.8. The van der Waals surface area contributed by atoms with Crippen molar-refractivity contribution in [2.45, 2.75) is 24.9 Å². The van der Waals surface area contributed by atoms with Gasteiger partial charge in [-0.3, -0.25) is 14.3 Å². The molecule has 1 aromatic rings. The summed E-state index contributed by atoms with van der Waals surface area (Å²) in [6.45, 7) is -0.333. The number of rotatable bonds is 3. The second kappa shape index (κ2) is 6.52. The molecule has 1 saturated heterocycles. The van der Waals surface area contributed by atoms with Gasteiger partial charge in [-0.25, -0.2) is 4.79 Å². The highest BCUT2D eigenvalue weighted by Gasteiger charge is 2.35. The number of H-pyrrole nitrogens is 1. The number of aliphatic hydroxyl groups excluding tert-OH is 2. The number of aromatic nitrogens is 2. The maximum absolute atomic E-state index is 11.8. The first kappa shape index (κ1) is 15.9. The molecular weight excluding hydrogens is 447 g/mol. The Hall–Kier alpha value is -0.490. The summed E-state index contributed by atoms with van der Waals surface area (Å²) < 4.78 is 8.79. The van der Waals surface area contributed by atoms with Crippen molar-refractivity contribution < 1.29 is 14.9 Å². The van der Waals surface area contributed by atoms with Crippen LogP contribution in [0.2, 0.25) is 0 Å². The van der Waals surface area contributed by atoms with Gasteiger partial charge in [0.25, 0.3) is 5.56 Å². The molecule has 110 valence electrons. The fourth-order valence-corrected chi connectivity index (χ4v) is 2.60. The van der Waals surface area contributed by atoms with Crippen LogP contribution >= 0.6 is 38.5 Å². The molecule has 20 heavy (non-hydrogen) atoms. The Balaban J connectivity index is 2.43. The lowest BCUT2D eigenvalue weighted by atomic mass is 10.2. The third-order valence-corrected chi connectivity index (χ3v) is 5.15. The fraction of sp³-hybridized carbons (Fsp3) is 0.455. The van der Waals surface area contributed by atoms with Crippen LogP contribution in [0.3, 0.4) is 0 Å². The minimum absolute atomic E-state index is 0.169. The van der Waals surface area contributed by atoms with E-state index in [4.69, 9.17) is 9.84 Å². The van der Waals surface area contributed by atoms with Crippen LogP contribution in [-0.4, -0.2) is 38.6 Å². The van der Waals surface area contributed by atoms with Gasteiger partial charge in [-0.2, -0.15) is 0 Å². The molecule has 1 aliphatic heterocycles. The average molecular weight is 459 g/mol. The summed E-state index contributed by atoms with van der Waals surface area (Å²) in [5, 5.41) is 18.7. The average Bonchev–Trinajstić information content (AvgIpc) is 2.79. The van der Waals surface area contributed by atoms with Crippen molar-refractivity contribution in [2.24, 2.45) is 0 Å². The van der Waals surface area contributed by atoms with Gasteiger partial charge in [0.2, 0.25) is 0 Å². The predicted octanol–water partition coefficient (Wildman–Crippen LogP) is 0.306. The quantitative estimate of drug-likeness (QED) is 0.565. The summed E-state index contributed by atoms with van der Waals surface area (Å²) >= 11 is 5.19. The van der Waals surface area contributed by atoms with Crippen LogP contribution in [-0.2, 0) is 4.74 Å². The molecule has 0 spiro atoms. The minimum atomic E-state index is -0.851. The van der Waals surface area contributed by atoms with E-state index >= 15 is 0 Å². The largest absolute Gasteiger partial charge is 0.394 e. The molecule has 0 saturated carbocycles. The van der Waals surface area contributed by atoms with Gasteiger partial charge < -0.3 is 14.9 Å². The summed E-state index contributed by atoms with van der Waals surface area (Å²) in [5.74, 6) is 0. The Morgan fingerprint density at radius 3 is 2.90 bits per heavy atom. The second-order valence-electron chi connectivity index (χ2n) is 4.28. The number of hydrogen-bond donors (Lipinski definition) is 3. The Morgan fingerprint density at radius 1 is 1.65 bits per heavy atom. The van der Waals surface area contributed by atoms with Gasteiger partial charge in [0.05, 0.1) is 18.3 Å². The molecule has 1 aromatic heterocycles. The molecular formula is C11H12BrIN2O5. The first-order valence-electron chi connectivity index (χ1n) is 5.74. The van der Waals surface area contributed by atoms with Crippen molar-refractivity contribution in [3.8, 4) is 0 Å². The molecule has 0 bridgehead atoms. The third kappa shape index (κ3) is 3.06. The standard InChI is InChI=1S/C11H12BrIN2O5/c12-6(2-13)5-3-15(11(19)14-10(5)18)9-1-7(17)8(4-16)20-9/h2-3,7-9,16-17H,1,4H2,(H,14,18,19)/b6-2+/t7-,8+,9-/m0/s1. The van der Waals surface area contributed by atoms with Crippen LogP contribution in [0.25, 0.3) is 4.48 Å². The number of nitrogens with one attached hydrogen (secondary N) is 1. The number of aromatic amines is 1. The molecule has 3 atom stereocenters. The zero-order valence-corrected chi connectivity index (χ0v) is 13.9. The lowest BCUT2D eigenvalue weighted by molar-refractivity contribution is -0.0459. The van der Waals surface area contributed by atoms with Crippen LogP contribution < -0.4 is 11.2 Å². The van der Waals surface area contributed by atoms with Gasteiger partial charge in [0.1, 0.15) is 12.3 Å². The highest BCUT2D eigenvalue weighted by molar-refractivity contribution is 14.1. The van der Waals surface area contributed by atoms with Crippen LogP contribution in [0.4, 0.5) is 0 Å². The monoisotopic (exact) mass is 458 g/mol. The maximum atomic E-state index is 11.8. The molecule has 0 amide bonds. The van der Waals surface area contributed by atoms with E-state index in [2.05, 4.69) is 20.9 Å². The van der Waals surface area contributed by atoms with Crippen molar-refractivity contribution in [2.75, 3.05) is 6.61 Å². The third-order valence-electron chi connectivity index (χ3n) is 3.02. The molecule has 0 aliphatic carbocycles. The zero-order chi connectivity index (χ0) is 14.9. The SMILES string of the molecule is O=c1[nH]c(=O)n([C@@H]2C[C@H](O)[C@@H](CO)O2)cc1/C(Br)=C\I. The molecule has 2 heterocycles. The van der Waals surface area contributed by atoms with Gasteiger partial charge in [-0.05, 0) is 20.0 Å². The van der Waals surface area contributed by atoms with Crippen LogP contribution in [0.1, 0.15) is 18.2 Å². The fourth-order valence-electron chi connectivity index (χ4n) is 1.98. The van der Waals surface area contributed by atoms with E-state index in [0.29, 0.717) is 4.48 Å². The first-order chi connectivity index (χ1) is 9.47. The molecule has 1 aliphatic rings. The van der Waals surface area contributed by atoms with Crippen LogP contribution in [0.15, 0.2) is 19.9 Å². The van der Waals surface area contributed by atoms with Gasteiger partial charge in [0.15, 0.2) is 0 Å². The minimum Gasteiger partial charge on any atom is -0.394 e. The summed E-state index contributed by atoms with van der Waals surface area (Å²) in [7, 11) is 0. The van der Waals surface area contributed by atoms with Crippen molar-refractivity contribution in [1.29, 1.82) is 0 Å². The van der Waals surface area contributed by atoms with Gasteiger partial charge in [0, 0.05) is 17.1 Å². The molecule has 3 N–H and O–H groups in total. The van der Waals surface area contributed by atoms with E-state index in [9.17, 15) is 14.7 Å². The maximum Gasteiger partial charge on any atom is 0.330 e. The van der Waals surface area contributed by atoms with Crippen molar-refractivity contribution in [3.05, 3.63) is 36.7 Å². The number of halogens is 2. The van der Waals surface area contributed by atoms with Crippen molar-refractivity contribution in [3.63, 3.8) is 0 Å². The Kier molecular flexibility index (Phi) is 5.18. The van der Waals surface area contributed by atoms with E-state index < -0.39 is 29.7 Å². The summed E-state index contributed by atoms with van der Waals surface area (Å²) in [6, 6.07) is 0. The van der Waals surface area contributed by atoms with Crippen LogP contribution in [0.5, 0.6) is 0 Å². The molecule has 0 radical (unpaired) electrons. The van der Waals surface area contributed by atoms with Gasteiger partial charge in [-0.15, -0.1) is 0 Å². The lowest BCUT2D eigenvalue weighted by Crippen LogP contribution is -2.33. The normalized spacial score (nSPS) is 27.0. The molecule has 1 fully saturated rings. The summed E-state index contributed by atoms with van der Waals surface area (Å²) in [5.41, 5.74) is -0.851. The molecule has 7 nitrogen and oxygen atoms in total. The zero-order valence-electron chi connectivity index (χ0n) is 10.1. The van der Waals surface area contributed by atoms with E-state index in [0.717, 1.165) is 0 Å². The van der Waals surface area contributed by atoms with Crippen LogP contribution in [0, 0.1) is 0 Å². The topological polar surface area (TPSA) is 105 Å². The number of nitrogens with zero attached hydrogens (tertiary/aromatic N) is 1. The molecule has 9 heteroatoms. The Labute approximate surface area is 135 Å². The molecule has 2 rings (SSSR count). The number of hydrogen-bond acceptors (Lipinski definition) is 5. The molecule has 0 aromatic carbocycles. The smallest absolute Gasteiger partial charge is 0.330 e. The predicted molar refractivity (Wildman–Crippen MR) is 83.9 cm³/mol. The van der Waals surface area contributed by atoms with Gasteiger partial charge >= 0.3 is 5.69 Å². The Morgan fingerprint density at radius 2 is 2.35 bits per heavy atom. The van der Waals surface area contributed by atoms with Gasteiger partial charge in [-0.1, -0.05) is 22.6 Å². The lowest BCUT2D eigenvalue weighted by Gasteiger charge is -2.15. The number of ether oxygens (including phenoxy) is 1. The highest BCUT2D eigenvalue weighted by atomic mass is 127. The van der Waals surface area contributed by atoms with E-state index in [1.165, 1.54) is 10.8 Å². The second-order valence-corrected chi connectivity index (χ2v) is 5.76. The van der Waals surface area contributed by atoms with E-state index in [1.807, 2.05) is 22.6 Å². The van der Waals surface area contributed by atoms with Crippen molar-refractivity contribution in [1.82, 2.24) is 9.55 Å². The Bertz CT molecular complexity index is 640. The highest BCUT2D eigenvalue weighted by Crippen LogP contribution is 2.28. The van der Waals surface area contributed by atoms with Crippen molar-refractivity contribution >= 4 is 43.0 Å². The van der Waals surface area contributed by atoms with E-state index in [1.54, 1.807) is 4.08 Å². The first-order valence-corrected chi connectivity index (χ1v) is 7.78. The summed E-state index contributed by atoms with van der Waals surface area (Å²) in [6.07, 6.45) is -0.763. The number of aliphatic hydroxyl groups is 2. The molecule has 0 unspecified atom stereocenters.